The summed E-state index contributed by atoms with van der Waals surface area (Å²) in [5, 5.41) is 3.76. The summed E-state index contributed by atoms with van der Waals surface area (Å²) in [5.74, 6) is 1.89. The van der Waals surface area contributed by atoms with Gasteiger partial charge in [0, 0.05) is 10.0 Å². The van der Waals surface area contributed by atoms with Crippen molar-refractivity contribution in [2.75, 3.05) is 20.3 Å². The van der Waals surface area contributed by atoms with Crippen molar-refractivity contribution in [2.45, 2.75) is 6.42 Å². The van der Waals surface area contributed by atoms with E-state index < -0.39 is 6.03 Å². The number of nitrogens with zero attached hydrogens (tertiary/aromatic N) is 1. The second-order valence-corrected chi connectivity index (χ2v) is 6.51. The van der Waals surface area contributed by atoms with Crippen molar-refractivity contribution >= 4 is 28.2 Å². The lowest BCUT2D eigenvalue weighted by Gasteiger charge is -2.13. The Balaban J connectivity index is 1.95. The number of nitrogens with two attached hydrogens (primary N) is 1. The Bertz CT molecular complexity index is 855. The first-order valence-electron chi connectivity index (χ1n) is 8.45. The van der Waals surface area contributed by atoms with Gasteiger partial charge in [-0.1, -0.05) is 28.1 Å². The number of nitrogens with one attached hydrogen (secondary N) is 1. The lowest BCUT2D eigenvalue weighted by Crippen LogP contribution is -2.24. The molecule has 0 saturated carbocycles. The number of halogens is 1. The summed E-state index contributed by atoms with van der Waals surface area (Å²) < 4.78 is 17.8. The predicted octanol–water partition coefficient (Wildman–Crippen LogP) is 3.65. The fourth-order valence-corrected chi connectivity index (χ4v) is 2.72. The zero-order valence-corrected chi connectivity index (χ0v) is 17.1. The van der Waals surface area contributed by atoms with Gasteiger partial charge in [-0.25, -0.2) is 10.2 Å². The summed E-state index contributed by atoms with van der Waals surface area (Å²) in [4.78, 5) is 10.7. The first-order chi connectivity index (χ1) is 13.5. The number of carbonyl (C=O) groups is 1. The van der Waals surface area contributed by atoms with Crippen molar-refractivity contribution in [1.82, 2.24) is 5.43 Å². The average Bonchev–Trinajstić information content (AvgIpc) is 2.67. The average molecular weight is 448 g/mol. The smallest absolute Gasteiger partial charge is 0.332 e. The number of methoxy groups -OCH3 is 1. The molecule has 0 aliphatic heterocycles. The molecule has 2 rings (SSSR count). The van der Waals surface area contributed by atoms with Gasteiger partial charge in [0.05, 0.1) is 13.3 Å². The third-order valence-corrected chi connectivity index (χ3v) is 4.05. The normalized spacial score (nSPS) is 10.5. The van der Waals surface area contributed by atoms with Gasteiger partial charge < -0.3 is 19.9 Å². The minimum absolute atomic E-state index is 0.309. The van der Waals surface area contributed by atoms with Crippen molar-refractivity contribution in [1.29, 1.82) is 0 Å². The number of rotatable bonds is 10. The van der Waals surface area contributed by atoms with Crippen molar-refractivity contribution in [3.63, 3.8) is 0 Å². The van der Waals surface area contributed by atoms with Gasteiger partial charge in [-0.15, -0.1) is 6.58 Å². The van der Waals surface area contributed by atoms with Crippen LogP contribution in [0.3, 0.4) is 0 Å². The minimum atomic E-state index is -0.741. The number of primary amides is 1. The molecule has 2 aromatic carbocycles. The molecule has 0 bridgehead atoms. The van der Waals surface area contributed by atoms with Gasteiger partial charge in [0.25, 0.3) is 0 Å². The molecule has 0 aromatic heterocycles. The van der Waals surface area contributed by atoms with E-state index in [4.69, 9.17) is 19.9 Å². The van der Waals surface area contributed by atoms with Crippen LogP contribution < -0.4 is 25.4 Å². The molecule has 0 aliphatic carbocycles. The second kappa shape index (κ2) is 11.0. The lowest BCUT2D eigenvalue weighted by molar-refractivity contribution is 0.211. The van der Waals surface area contributed by atoms with Gasteiger partial charge in [0.15, 0.2) is 11.5 Å². The fourth-order valence-electron chi connectivity index (χ4n) is 2.35. The van der Waals surface area contributed by atoms with Crippen molar-refractivity contribution in [3.8, 4) is 17.2 Å². The molecule has 0 atom stereocenters. The van der Waals surface area contributed by atoms with E-state index in [0.717, 1.165) is 16.5 Å². The quantitative estimate of drug-likeness (QED) is 0.251. The number of amides is 2. The maximum Gasteiger partial charge on any atom is 0.332 e. The number of hydrogen-bond acceptors (Lipinski definition) is 5. The number of carbonyl (C=O) groups excluding carboxylic acids is 1. The van der Waals surface area contributed by atoms with E-state index >= 15 is 0 Å². The highest BCUT2D eigenvalue weighted by Crippen LogP contribution is 2.28. The molecule has 2 aromatic rings. The number of allylic oxidation sites excluding steroid dienone is 1. The molecule has 28 heavy (non-hydrogen) atoms. The van der Waals surface area contributed by atoms with Crippen LogP contribution in [0.5, 0.6) is 17.2 Å². The first-order valence-corrected chi connectivity index (χ1v) is 9.24. The summed E-state index contributed by atoms with van der Waals surface area (Å²) in [5.41, 5.74) is 8.91. The number of ether oxygens (including phenoxy) is 3. The van der Waals surface area contributed by atoms with E-state index in [1.807, 2.05) is 36.4 Å². The second-order valence-electron chi connectivity index (χ2n) is 5.59. The Morgan fingerprint density at radius 2 is 1.89 bits per heavy atom. The fraction of sp³-hybridized carbons (Fsp3) is 0.200. The number of urea groups is 1. The molecule has 0 heterocycles. The lowest BCUT2D eigenvalue weighted by atomic mass is 10.1. The molecule has 8 heteroatoms. The zero-order valence-electron chi connectivity index (χ0n) is 15.5. The van der Waals surface area contributed by atoms with E-state index in [-0.39, 0.29) is 0 Å². The van der Waals surface area contributed by atoms with Crippen molar-refractivity contribution < 1.29 is 19.0 Å². The third-order valence-electron chi connectivity index (χ3n) is 3.56. The summed E-state index contributed by atoms with van der Waals surface area (Å²) in [6.07, 6.45) is 4.05. The summed E-state index contributed by atoms with van der Waals surface area (Å²) >= 11 is 3.39. The van der Waals surface area contributed by atoms with Crippen LogP contribution in [0.2, 0.25) is 0 Å². The molecule has 7 nitrogen and oxygen atoms in total. The molecule has 3 N–H and O–H groups in total. The van der Waals surface area contributed by atoms with Crippen LogP contribution in [-0.2, 0) is 6.42 Å². The van der Waals surface area contributed by atoms with Gasteiger partial charge >= 0.3 is 6.03 Å². The Hall–Kier alpha value is -3.00. The van der Waals surface area contributed by atoms with Gasteiger partial charge in [-0.05, 0) is 42.3 Å². The molecule has 0 spiro atoms. The molecule has 0 radical (unpaired) electrons. The van der Waals surface area contributed by atoms with Crippen LogP contribution in [0, 0.1) is 0 Å². The minimum Gasteiger partial charge on any atom is -0.493 e. The van der Waals surface area contributed by atoms with Crippen molar-refractivity contribution in [3.05, 3.63) is 64.7 Å². The van der Waals surface area contributed by atoms with Gasteiger partial charge in [-0.2, -0.15) is 5.10 Å². The number of hydrogen-bond donors (Lipinski definition) is 2. The Kier molecular flexibility index (Phi) is 8.36. The van der Waals surface area contributed by atoms with E-state index in [0.29, 0.717) is 36.0 Å². The SMILES string of the molecule is C=CCc1ccc(OCCOc2ccc(Br)cc2/C=N/NC(N)=O)c(OC)c1. The standard InChI is InChI=1S/C20H22BrN3O4/c1-3-4-14-5-7-18(19(11-14)26-2)28-10-9-27-17-8-6-16(21)12-15(17)13-23-24-20(22)25/h3,5-8,11-13H,1,4,9-10H2,2H3,(H3,22,24,25)/b23-13+. The first kappa shape index (κ1) is 21.3. The Morgan fingerprint density at radius 3 is 2.57 bits per heavy atom. The van der Waals surface area contributed by atoms with E-state index in [1.54, 1.807) is 13.2 Å². The van der Waals surface area contributed by atoms with Gasteiger partial charge in [-0.3, -0.25) is 0 Å². The molecular weight excluding hydrogens is 426 g/mol. The molecular formula is C20H22BrN3O4. The Morgan fingerprint density at radius 1 is 1.18 bits per heavy atom. The highest BCUT2D eigenvalue weighted by atomic mass is 79.9. The van der Waals surface area contributed by atoms with Crippen LogP contribution in [0.4, 0.5) is 4.79 Å². The number of hydrazone groups is 1. The highest BCUT2D eigenvalue weighted by Gasteiger charge is 2.07. The molecule has 0 aliphatic rings. The zero-order chi connectivity index (χ0) is 20.4. The van der Waals surface area contributed by atoms with Crippen LogP contribution in [-0.4, -0.2) is 32.6 Å². The Labute approximate surface area is 172 Å². The monoisotopic (exact) mass is 447 g/mol. The van der Waals surface area contributed by atoms with E-state index in [2.05, 4.69) is 33.0 Å². The van der Waals surface area contributed by atoms with Crippen LogP contribution >= 0.6 is 15.9 Å². The molecule has 0 unspecified atom stereocenters. The van der Waals surface area contributed by atoms with Crippen LogP contribution in [0.25, 0.3) is 0 Å². The molecule has 0 fully saturated rings. The largest absolute Gasteiger partial charge is 0.493 e. The molecule has 0 saturated heterocycles. The van der Waals surface area contributed by atoms with Crippen LogP contribution in [0.15, 0.2) is 58.6 Å². The summed E-state index contributed by atoms with van der Waals surface area (Å²) in [6, 6.07) is 10.5. The van der Waals surface area contributed by atoms with Crippen LogP contribution in [0.1, 0.15) is 11.1 Å². The highest BCUT2D eigenvalue weighted by molar-refractivity contribution is 9.10. The predicted molar refractivity (Wildman–Crippen MR) is 112 cm³/mol. The third kappa shape index (κ3) is 6.62. The maximum atomic E-state index is 10.7. The number of benzene rings is 2. The van der Waals surface area contributed by atoms with E-state index in [1.165, 1.54) is 6.21 Å². The topological polar surface area (TPSA) is 95.2 Å². The van der Waals surface area contributed by atoms with Crippen molar-refractivity contribution in [2.24, 2.45) is 10.8 Å². The summed E-state index contributed by atoms with van der Waals surface area (Å²) in [7, 11) is 1.60. The summed E-state index contributed by atoms with van der Waals surface area (Å²) in [6.45, 7) is 4.37. The van der Waals surface area contributed by atoms with Gasteiger partial charge in [0.2, 0.25) is 0 Å². The molecule has 148 valence electrons. The van der Waals surface area contributed by atoms with Gasteiger partial charge in [0.1, 0.15) is 19.0 Å². The molecule has 2 amide bonds. The van der Waals surface area contributed by atoms with E-state index in [9.17, 15) is 4.79 Å². The maximum absolute atomic E-state index is 10.7.